The minimum atomic E-state index is -1.57. The van der Waals surface area contributed by atoms with Crippen LogP contribution in [0.3, 0.4) is 0 Å². The largest absolute Gasteiger partial charge is 0.443 e. The Bertz CT molecular complexity index is 1060. The minimum absolute atomic E-state index is 0.236. The van der Waals surface area contributed by atoms with Gasteiger partial charge in [0.1, 0.15) is 5.60 Å². The standard InChI is InChI=1S/C24H30N4O5/c1-22(2,3)33-21(29)28-20-14-10-9-13-19(20)24(31-5,32-6)23(28,30-4)18-12-8-7-11-17(18)15-16-26-27-25/h7-14H,15-16H2,1-6H3. The first-order valence-electron chi connectivity index (χ1n) is 10.6. The Hall–Kier alpha value is -3.10. The molecule has 33 heavy (non-hydrogen) atoms. The molecule has 0 aliphatic carbocycles. The summed E-state index contributed by atoms with van der Waals surface area (Å²) in [5, 5.41) is 3.67. The molecule has 0 fully saturated rings. The van der Waals surface area contributed by atoms with E-state index in [1.54, 1.807) is 26.8 Å². The van der Waals surface area contributed by atoms with Gasteiger partial charge in [0.05, 0.1) is 5.69 Å². The summed E-state index contributed by atoms with van der Waals surface area (Å²) in [5.74, 6) is -1.51. The Balaban J connectivity index is 2.36. The van der Waals surface area contributed by atoms with E-state index in [0.717, 1.165) is 5.56 Å². The van der Waals surface area contributed by atoms with E-state index in [0.29, 0.717) is 23.2 Å². The van der Waals surface area contributed by atoms with Gasteiger partial charge >= 0.3 is 6.09 Å². The molecular formula is C24H30N4O5. The summed E-state index contributed by atoms with van der Waals surface area (Å²) in [4.78, 5) is 18.0. The Morgan fingerprint density at radius 2 is 1.61 bits per heavy atom. The number of amides is 1. The van der Waals surface area contributed by atoms with Crippen LogP contribution in [0.15, 0.2) is 53.6 Å². The van der Waals surface area contributed by atoms with E-state index in [-0.39, 0.29) is 6.54 Å². The summed E-state index contributed by atoms with van der Waals surface area (Å²) in [6, 6.07) is 14.8. The first-order chi connectivity index (χ1) is 15.7. The molecule has 0 saturated carbocycles. The molecule has 1 aliphatic rings. The highest BCUT2D eigenvalue weighted by Crippen LogP contribution is 2.59. The summed E-state index contributed by atoms with van der Waals surface area (Å²) in [6.07, 6.45) is -0.189. The van der Waals surface area contributed by atoms with Crippen LogP contribution >= 0.6 is 0 Å². The van der Waals surface area contributed by atoms with Crippen LogP contribution in [-0.4, -0.2) is 39.6 Å². The number of carbonyl (C=O) groups is 1. The molecule has 176 valence electrons. The number of fused-ring (bicyclic) bond motifs is 1. The predicted octanol–water partition coefficient (Wildman–Crippen LogP) is 5.24. The van der Waals surface area contributed by atoms with E-state index in [2.05, 4.69) is 10.0 Å². The van der Waals surface area contributed by atoms with Crippen molar-refractivity contribution in [3.05, 3.63) is 75.7 Å². The number of carbonyl (C=O) groups excluding carboxylic acids is 1. The number of hydrogen-bond acceptors (Lipinski definition) is 6. The van der Waals surface area contributed by atoms with Crippen molar-refractivity contribution in [1.82, 2.24) is 0 Å². The van der Waals surface area contributed by atoms with E-state index in [9.17, 15) is 4.79 Å². The molecule has 1 unspecified atom stereocenters. The Labute approximate surface area is 193 Å². The third-order valence-corrected chi connectivity index (χ3v) is 5.63. The van der Waals surface area contributed by atoms with Gasteiger partial charge in [-0.3, -0.25) is 0 Å². The number of rotatable bonds is 7. The molecule has 1 atom stereocenters. The van der Waals surface area contributed by atoms with E-state index >= 15 is 0 Å². The fourth-order valence-electron chi connectivity index (χ4n) is 4.48. The van der Waals surface area contributed by atoms with Gasteiger partial charge in [-0.15, -0.1) is 0 Å². The molecule has 0 bridgehead atoms. The zero-order valence-corrected chi connectivity index (χ0v) is 19.9. The van der Waals surface area contributed by atoms with Crippen LogP contribution < -0.4 is 4.90 Å². The number of benzene rings is 2. The molecule has 1 aliphatic heterocycles. The number of nitrogens with zero attached hydrogens (tertiary/aromatic N) is 4. The van der Waals surface area contributed by atoms with E-state index < -0.39 is 23.2 Å². The quantitative estimate of drug-likeness (QED) is 0.246. The maximum atomic E-state index is 13.7. The molecule has 9 nitrogen and oxygen atoms in total. The van der Waals surface area contributed by atoms with Crippen LogP contribution in [0.4, 0.5) is 10.5 Å². The predicted molar refractivity (Wildman–Crippen MR) is 124 cm³/mol. The van der Waals surface area contributed by atoms with Gasteiger partial charge < -0.3 is 18.9 Å². The van der Waals surface area contributed by atoms with Gasteiger partial charge in [-0.2, -0.15) is 0 Å². The van der Waals surface area contributed by atoms with Crippen LogP contribution in [0.5, 0.6) is 0 Å². The van der Waals surface area contributed by atoms with Gasteiger partial charge in [-0.25, -0.2) is 9.69 Å². The highest BCUT2D eigenvalue weighted by Gasteiger charge is 2.69. The SMILES string of the molecule is COC1(OC)c2ccccc2N(C(=O)OC(C)(C)C)C1(OC)c1ccccc1CCN=[N+]=[N-]. The highest BCUT2D eigenvalue weighted by molar-refractivity contribution is 5.93. The average Bonchev–Trinajstić information content (AvgIpc) is 3.05. The minimum Gasteiger partial charge on any atom is -0.443 e. The summed E-state index contributed by atoms with van der Waals surface area (Å²) >= 11 is 0. The third-order valence-electron chi connectivity index (χ3n) is 5.63. The lowest BCUT2D eigenvalue weighted by molar-refractivity contribution is -0.315. The second kappa shape index (κ2) is 9.41. The Morgan fingerprint density at radius 3 is 2.18 bits per heavy atom. The molecule has 0 radical (unpaired) electrons. The lowest BCUT2D eigenvalue weighted by atomic mass is 9.86. The maximum Gasteiger partial charge on any atom is 0.417 e. The second-order valence-corrected chi connectivity index (χ2v) is 8.57. The van der Waals surface area contributed by atoms with Gasteiger partial charge in [0, 0.05) is 43.9 Å². The lowest BCUT2D eigenvalue weighted by Crippen LogP contribution is -2.61. The molecule has 0 N–H and O–H groups in total. The molecule has 2 aromatic rings. The first kappa shape index (κ1) is 24.5. The first-order valence-corrected chi connectivity index (χ1v) is 10.6. The normalized spacial score (nSPS) is 19.0. The van der Waals surface area contributed by atoms with Gasteiger partial charge in [0.25, 0.3) is 5.79 Å². The number of anilines is 1. The molecule has 0 aromatic heterocycles. The summed E-state index contributed by atoms with van der Waals surface area (Å²) < 4.78 is 24.1. The maximum absolute atomic E-state index is 13.7. The van der Waals surface area contributed by atoms with Crippen LogP contribution in [0.1, 0.15) is 37.5 Å². The Kier molecular flexibility index (Phi) is 7.00. The molecule has 0 spiro atoms. The smallest absolute Gasteiger partial charge is 0.417 e. The molecule has 0 saturated heterocycles. The lowest BCUT2D eigenvalue weighted by Gasteiger charge is -2.47. The van der Waals surface area contributed by atoms with Gasteiger partial charge in [-0.05, 0) is 44.4 Å². The average molecular weight is 455 g/mol. The summed E-state index contributed by atoms with van der Waals surface area (Å²) in [5.41, 5.74) is 9.03. The van der Waals surface area contributed by atoms with E-state index in [4.69, 9.17) is 24.5 Å². The van der Waals surface area contributed by atoms with E-state index in [1.807, 2.05) is 42.5 Å². The zero-order chi connectivity index (χ0) is 24.3. The number of ether oxygens (including phenoxy) is 4. The van der Waals surface area contributed by atoms with Crippen LogP contribution in [0, 0.1) is 0 Å². The fraction of sp³-hybridized carbons (Fsp3) is 0.458. The number of hydrogen-bond donors (Lipinski definition) is 0. The summed E-state index contributed by atoms with van der Waals surface area (Å²) in [6.45, 7) is 5.64. The van der Waals surface area contributed by atoms with E-state index in [1.165, 1.54) is 26.2 Å². The van der Waals surface area contributed by atoms with Gasteiger partial charge in [0.2, 0.25) is 5.72 Å². The molecule has 1 heterocycles. The van der Waals surface area contributed by atoms with Crippen LogP contribution in [-0.2, 0) is 36.9 Å². The van der Waals surface area contributed by atoms with Gasteiger partial charge in [-0.1, -0.05) is 47.6 Å². The van der Waals surface area contributed by atoms with Crippen molar-refractivity contribution < 1.29 is 23.7 Å². The number of azide groups is 1. The molecule has 9 heteroatoms. The topological polar surface area (TPSA) is 106 Å². The van der Waals surface area contributed by atoms with Crippen molar-refractivity contribution in [3.63, 3.8) is 0 Å². The fourth-order valence-corrected chi connectivity index (χ4v) is 4.48. The number of methoxy groups -OCH3 is 3. The van der Waals surface area contributed by atoms with Crippen molar-refractivity contribution >= 4 is 11.8 Å². The van der Waals surface area contributed by atoms with Crippen molar-refractivity contribution in [2.24, 2.45) is 5.11 Å². The molecule has 2 aromatic carbocycles. The third kappa shape index (κ3) is 3.94. The van der Waals surface area contributed by atoms with Crippen LogP contribution in [0.2, 0.25) is 0 Å². The zero-order valence-electron chi connectivity index (χ0n) is 19.9. The van der Waals surface area contributed by atoms with Crippen molar-refractivity contribution in [2.45, 2.75) is 44.3 Å². The van der Waals surface area contributed by atoms with Crippen molar-refractivity contribution in [3.8, 4) is 0 Å². The molecular weight excluding hydrogens is 424 g/mol. The van der Waals surface area contributed by atoms with Crippen molar-refractivity contribution in [2.75, 3.05) is 32.8 Å². The monoisotopic (exact) mass is 454 g/mol. The molecule has 3 rings (SSSR count). The number of para-hydroxylation sites is 1. The highest BCUT2D eigenvalue weighted by atomic mass is 16.7. The van der Waals surface area contributed by atoms with Gasteiger partial charge in [0.15, 0.2) is 0 Å². The molecule has 1 amide bonds. The van der Waals surface area contributed by atoms with Crippen LogP contribution in [0.25, 0.3) is 10.4 Å². The second-order valence-electron chi connectivity index (χ2n) is 8.57. The Morgan fingerprint density at radius 1 is 1.00 bits per heavy atom. The van der Waals surface area contributed by atoms with Crippen molar-refractivity contribution in [1.29, 1.82) is 0 Å². The summed E-state index contributed by atoms with van der Waals surface area (Å²) in [7, 11) is 4.52.